The minimum atomic E-state index is -0.0719. The summed E-state index contributed by atoms with van der Waals surface area (Å²) in [5, 5.41) is 5.83. The first kappa shape index (κ1) is 13.0. The van der Waals surface area contributed by atoms with Gasteiger partial charge < -0.3 is 4.52 Å². The summed E-state index contributed by atoms with van der Waals surface area (Å²) in [5.41, 5.74) is 1.72. The second-order valence-electron chi connectivity index (χ2n) is 4.98. The third-order valence-electron chi connectivity index (χ3n) is 3.03. The highest BCUT2D eigenvalue weighted by atomic mass is 32.1. The van der Waals surface area contributed by atoms with Crippen LogP contribution in [0.3, 0.4) is 0 Å². The number of hydrogen-bond donors (Lipinski definition) is 0. The monoisotopic (exact) mass is 290 g/mol. The van der Waals surface area contributed by atoms with Gasteiger partial charge in [-0.05, 0) is 17.9 Å². The maximum atomic E-state index is 12.3. The summed E-state index contributed by atoms with van der Waals surface area (Å²) in [7, 11) is 0. The first-order valence-corrected chi connectivity index (χ1v) is 7.20. The van der Waals surface area contributed by atoms with Crippen LogP contribution in [-0.2, 0) is 6.54 Å². The maximum Gasteiger partial charge on any atom is 0.271 e. The number of aromatic nitrogens is 4. The number of nitrogens with zero attached hydrogens (tertiary/aromatic N) is 4. The second-order valence-corrected chi connectivity index (χ2v) is 5.85. The zero-order valence-electron chi connectivity index (χ0n) is 11.5. The molecule has 0 saturated heterocycles. The molecule has 104 valence electrons. The molecule has 3 aromatic heterocycles. The van der Waals surface area contributed by atoms with Crippen LogP contribution in [0.4, 0.5) is 0 Å². The van der Waals surface area contributed by atoms with E-state index in [2.05, 4.69) is 15.1 Å². The zero-order chi connectivity index (χ0) is 14.3. The lowest BCUT2D eigenvalue weighted by Gasteiger charge is -2.01. The molecule has 0 bridgehead atoms. The molecule has 20 heavy (non-hydrogen) atoms. The molecule has 0 saturated carbocycles. The Bertz CT molecular complexity index is 815. The molecule has 0 radical (unpaired) electrons. The van der Waals surface area contributed by atoms with E-state index in [1.807, 2.05) is 26.2 Å². The molecule has 0 N–H and O–H groups in total. The summed E-state index contributed by atoms with van der Waals surface area (Å²) >= 11 is 1.41. The number of fused-ring (bicyclic) bond motifs is 1. The number of aryl methyl sites for hydroxylation is 1. The first-order valence-electron chi connectivity index (χ1n) is 6.32. The van der Waals surface area contributed by atoms with Crippen LogP contribution in [0.25, 0.3) is 10.2 Å². The molecule has 0 aliphatic heterocycles. The lowest BCUT2D eigenvalue weighted by molar-refractivity contribution is 0.363. The number of hydrogen-bond acceptors (Lipinski definition) is 6. The van der Waals surface area contributed by atoms with Gasteiger partial charge in [0.1, 0.15) is 11.2 Å². The van der Waals surface area contributed by atoms with Gasteiger partial charge in [-0.25, -0.2) is 4.98 Å². The van der Waals surface area contributed by atoms with Crippen molar-refractivity contribution in [2.24, 2.45) is 0 Å². The maximum absolute atomic E-state index is 12.3. The van der Waals surface area contributed by atoms with Crippen molar-refractivity contribution in [1.29, 1.82) is 0 Å². The topological polar surface area (TPSA) is 73.8 Å². The summed E-state index contributed by atoms with van der Waals surface area (Å²) in [5.74, 6) is 1.27. The molecule has 0 atom stereocenters. The predicted molar refractivity (Wildman–Crippen MR) is 76.1 cm³/mol. The fourth-order valence-corrected chi connectivity index (χ4v) is 2.84. The summed E-state index contributed by atoms with van der Waals surface area (Å²) in [6.45, 7) is 6.17. The number of rotatable bonds is 3. The first-order chi connectivity index (χ1) is 9.56. The summed E-state index contributed by atoms with van der Waals surface area (Å²) in [6.07, 6.45) is 1.53. The fourth-order valence-electron chi connectivity index (χ4n) is 1.89. The Balaban J connectivity index is 1.98. The van der Waals surface area contributed by atoms with Crippen LogP contribution in [0.2, 0.25) is 0 Å². The Morgan fingerprint density at radius 1 is 1.45 bits per heavy atom. The molecular weight excluding hydrogens is 276 g/mol. The molecule has 0 aromatic carbocycles. The quantitative estimate of drug-likeness (QED) is 0.740. The van der Waals surface area contributed by atoms with E-state index in [4.69, 9.17) is 4.52 Å². The van der Waals surface area contributed by atoms with Crippen molar-refractivity contribution in [3.05, 3.63) is 39.3 Å². The van der Waals surface area contributed by atoms with Crippen LogP contribution in [0.5, 0.6) is 0 Å². The van der Waals surface area contributed by atoms with E-state index in [-0.39, 0.29) is 18.0 Å². The zero-order valence-corrected chi connectivity index (χ0v) is 12.3. The van der Waals surface area contributed by atoms with Gasteiger partial charge in [-0.15, -0.1) is 11.3 Å². The summed E-state index contributed by atoms with van der Waals surface area (Å²) in [6, 6.07) is 0. The second kappa shape index (κ2) is 4.82. The number of thiophene rings is 1. The fraction of sp³-hybridized carbons (Fsp3) is 0.385. The van der Waals surface area contributed by atoms with E-state index in [9.17, 15) is 4.79 Å². The van der Waals surface area contributed by atoms with E-state index in [0.717, 1.165) is 11.1 Å². The minimum absolute atomic E-state index is 0.0719. The van der Waals surface area contributed by atoms with Crippen LogP contribution >= 0.6 is 11.3 Å². The molecule has 3 aromatic rings. The standard InChI is InChI=1S/C13H14N4O2S/c1-7(2)12-15-9(19-16-12)4-17-6-14-10-8(3)5-20-11(10)13(17)18/h5-7H,4H2,1-3H3. The lowest BCUT2D eigenvalue weighted by Crippen LogP contribution is -2.20. The highest BCUT2D eigenvalue weighted by Gasteiger charge is 2.13. The molecule has 0 unspecified atom stereocenters. The van der Waals surface area contributed by atoms with E-state index >= 15 is 0 Å². The highest BCUT2D eigenvalue weighted by molar-refractivity contribution is 7.17. The molecule has 0 amide bonds. The minimum Gasteiger partial charge on any atom is -0.337 e. The Hall–Kier alpha value is -2.02. The van der Waals surface area contributed by atoms with Gasteiger partial charge in [-0.3, -0.25) is 9.36 Å². The van der Waals surface area contributed by atoms with E-state index in [0.29, 0.717) is 16.4 Å². The third kappa shape index (κ3) is 2.14. The molecule has 0 spiro atoms. The van der Waals surface area contributed by atoms with Crippen LogP contribution < -0.4 is 5.56 Å². The third-order valence-corrected chi connectivity index (χ3v) is 4.10. The average Bonchev–Trinajstić information content (AvgIpc) is 3.01. The summed E-state index contributed by atoms with van der Waals surface area (Å²) < 4.78 is 7.31. The molecule has 0 fully saturated rings. The van der Waals surface area contributed by atoms with E-state index in [1.165, 1.54) is 22.2 Å². The predicted octanol–water partition coefficient (Wildman–Crippen LogP) is 2.32. The van der Waals surface area contributed by atoms with Crippen molar-refractivity contribution < 1.29 is 4.52 Å². The van der Waals surface area contributed by atoms with Crippen LogP contribution in [-0.4, -0.2) is 19.7 Å². The van der Waals surface area contributed by atoms with E-state index < -0.39 is 0 Å². The summed E-state index contributed by atoms with van der Waals surface area (Å²) in [4.78, 5) is 20.9. The lowest BCUT2D eigenvalue weighted by atomic mass is 10.2. The largest absolute Gasteiger partial charge is 0.337 e. The van der Waals surface area contributed by atoms with Gasteiger partial charge in [-0.1, -0.05) is 19.0 Å². The van der Waals surface area contributed by atoms with Crippen LogP contribution in [0.1, 0.15) is 37.0 Å². The highest BCUT2D eigenvalue weighted by Crippen LogP contribution is 2.19. The van der Waals surface area contributed by atoms with Crippen molar-refractivity contribution >= 4 is 21.6 Å². The van der Waals surface area contributed by atoms with Gasteiger partial charge >= 0.3 is 0 Å². The van der Waals surface area contributed by atoms with E-state index in [1.54, 1.807) is 0 Å². The molecule has 3 heterocycles. The van der Waals surface area contributed by atoms with Gasteiger partial charge in [0, 0.05) is 5.92 Å². The van der Waals surface area contributed by atoms with Crippen molar-refractivity contribution in [2.75, 3.05) is 0 Å². The van der Waals surface area contributed by atoms with Gasteiger partial charge in [0.05, 0.1) is 11.8 Å². The molecule has 6 nitrogen and oxygen atoms in total. The molecular formula is C13H14N4O2S. The Labute approximate surface area is 119 Å². The van der Waals surface area contributed by atoms with Crippen molar-refractivity contribution in [2.45, 2.75) is 33.2 Å². The normalized spacial score (nSPS) is 11.6. The smallest absolute Gasteiger partial charge is 0.271 e. The van der Waals surface area contributed by atoms with Crippen LogP contribution in [0.15, 0.2) is 21.0 Å². The Morgan fingerprint density at radius 3 is 2.95 bits per heavy atom. The Kier molecular flexibility index (Phi) is 3.13. The van der Waals surface area contributed by atoms with Crippen molar-refractivity contribution in [3.63, 3.8) is 0 Å². The van der Waals surface area contributed by atoms with Gasteiger partial charge in [0.25, 0.3) is 5.56 Å². The SMILES string of the molecule is Cc1csc2c(=O)n(Cc3nc(C(C)C)no3)cnc12. The van der Waals surface area contributed by atoms with Crippen LogP contribution in [0, 0.1) is 6.92 Å². The van der Waals surface area contributed by atoms with Gasteiger partial charge in [0.15, 0.2) is 5.82 Å². The van der Waals surface area contributed by atoms with Crippen molar-refractivity contribution in [1.82, 2.24) is 19.7 Å². The molecule has 3 rings (SSSR count). The molecule has 0 aliphatic rings. The van der Waals surface area contributed by atoms with Gasteiger partial charge in [0.2, 0.25) is 5.89 Å². The van der Waals surface area contributed by atoms with Gasteiger partial charge in [-0.2, -0.15) is 4.98 Å². The Morgan fingerprint density at radius 2 is 2.25 bits per heavy atom. The average molecular weight is 290 g/mol. The van der Waals surface area contributed by atoms with Crippen molar-refractivity contribution in [3.8, 4) is 0 Å². The molecule has 7 heteroatoms. The molecule has 0 aliphatic carbocycles.